The van der Waals surface area contributed by atoms with Gasteiger partial charge in [-0.1, -0.05) is 48.5 Å². The summed E-state index contributed by atoms with van der Waals surface area (Å²) in [5, 5.41) is 16.4. The van der Waals surface area contributed by atoms with E-state index in [9.17, 15) is 14.7 Å². The number of aromatic hydroxyl groups is 1. The normalized spacial score (nSPS) is 27.0. The van der Waals surface area contributed by atoms with Gasteiger partial charge in [0.1, 0.15) is 0 Å². The third-order valence-electron chi connectivity index (χ3n) is 8.46. The summed E-state index contributed by atoms with van der Waals surface area (Å²) in [7, 11) is 0. The molecule has 6 heteroatoms. The summed E-state index contributed by atoms with van der Waals surface area (Å²) in [6.45, 7) is 0.246. The van der Waals surface area contributed by atoms with Crippen molar-refractivity contribution in [3.05, 3.63) is 76.1 Å². The Kier molecular flexibility index (Phi) is 5.47. The van der Waals surface area contributed by atoms with Crippen molar-refractivity contribution in [1.82, 2.24) is 9.99 Å². The molecule has 0 saturated heterocycles. The number of hydrogen-bond donors (Lipinski definition) is 2. The largest absolute Gasteiger partial charge is 0.494 e. The molecule has 3 aromatic rings. The van der Waals surface area contributed by atoms with Gasteiger partial charge in [0.05, 0.1) is 18.3 Å². The lowest BCUT2D eigenvalue weighted by atomic mass is 9.49. The van der Waals surface area contributed by atoms with Gasteiger partial charge in [-0.25, -0.2) is 5.43 Å². The van der Waals surface area contributed by atoms with Crippen molar-refractivity contribution in [3.63, 3.8) is 0 Å². The maximum atomic E-state index is 13.1. The Hall–Kier alpha value is -3.41. The number of hydrogen-bond acceptors (Lipinski definition) is 4. The second-order valence-corrected chi connectivity index (χ2v) is 11.0. The molecular weight excluding hydrogens is 438 g/mol. The molecule has 4 bridgehead atoms. The number of amides is 1. The molecule has 6 nitrogen and oxygen atoms in total. The monoisotopic (exact) mass is 469 g/mol. The fourth-order valence-corrected chi connectivity index (χ4v) is 7.51. The third kappa shape index (κ3) is 4.15. The van der Waals surface area contributed by atoms with E-state index in [-0.39, 0.29) is 29.3 Å². The molecule has 1 heterocycles. The topological polar surface area (TPSA) is 83.7 Å². The minimum atomic E-state index is -0.259. The molecule has 4 fully saturated rings. The second kappa shape index (κ2) is 8.67. The lowest BCUT2D eigenvalue weighted by Crippen LogP contribution is -2.47. The Morgan fingerprint density at radius 3 is 2.23 bits per heavy atom. The molecule has 4 aliphatic carbocycles. The number of carbonyl (C=O) groups is 1. The number of nitrogens with zero attached hydrogens (tertiary/aromatic N) is 2. The zero-order valence-electron chi connectivity index (χ0n) is 19.8. The highest BCUT2D eigenvalue weighted by Gasteiger charge is 2.51. The first kappa shape index (κ1) is 22.1. The van der Waals surface area contributed by atoms with E-state index in [1.807, 2.05) is 42.5 Å². The van der Waals surface area contributed by atoms with Crippen LogP contribution >= 0.6 is 0 Å². The minimum absolute atomic E-state index is 0.0652. The first-order valence-corrected chi connectivity index (χ1v) is 12.7. The number of rotatable bonds is 6. The molecular formula is C29H31N3O3. The summed E-state index contributed by atoms with van der Waals surface area (Å²) >= 11 is 0. The predicted molar refractivity (Wildman–Crippen MR) is 136 cm³/mol. The van der Waals surface area contributed by atoms with Crippen LogP contribution in [-0.4, -0.2) is 21.8 Å². The SMILES string of the molecule is O=C(CC12CC3CC(CC(C3)C1)C2)N/N=C/c1c(O)n(Cc2ccccc2)c(=O)c2ccccc12. The van der Waals surface area contributed by atoms with E-state index in [4.69, 9.17) is 0 Å². The lowest BCUT2D eigenvalue weighted by Gasteiger charge is -2.56. The minimum Gasteiger partial charge on any atom is -0.494 e. The van der Waals surface area contributed by atoms with Gasteiger partial charge in [-0.2, -0.15) is 5.10 Å². The van der Waals surface area contributed by atoms with Gasteiger partial charge in [-0.15, -0.1) is 0 Å². The molecule has 180 valence electrons. The average molecular weight is 470 g/mol. The standard InChI is InChI=1S/C29H31N3O3/c33-26(16-29-13-20-10-21(14-29)12-22(11-20)15-29)31-30-17-25-23-8-4-5-9-24(23)27(34)32(28(25)35)18-19-6-2-1-3-7-19/h1-9,17,20-22,35H,10-16,18H2,(H,31,33)/b30-17+. The van der Waals surface area contributed by atoms with E-state index in [0.717, 1.165) is 23.3 Å². The van der Waals surface area contributed by atoms with Crippen LogP contribution in [0.2, 0.25) is 0 Å². The predicted octanol–water partition coefficient (Wildman–Crippen LogP) is 4.81. The average Bonchev–Trinajstić information content (AvgIpc) is 2.83. The molecule has 0 spiro atoms. The number of pyridine rings is 1. The van der Waals surface area contributed by atoms with Crippen molar-refractivity contribution < 1.29 is 9.90 Å². The third-order valence-corrected chi connectivity index (χ3v) is 8.46. The second-order valence-electron chi connectivity index (χ2n) is 11.0. The van der Waals surface area contributed by atoms with Gasteiger partial charge in [0, 0.05) is 17.2 Å². The summed E-state index contributed by atoms with van der Waals surface area (Å²) < 4.78 is 1.36. The molecule has 4 saturated carbocycles. The highest BCUT2D eigenvalue weighted by atomic mass is 16.3. The molecule has 7 rings (SSSR count). The molecule has 2 aromatic carbocycles. The van der Waals surface area contributed by atoms with Crippen LogP contribution < -0.4 is 11.0 Å². The van der Waals surface area contributed by atoms with Crippen molar-refractivity contribution in [2.45, 2.75) is 51.5 Å². The van der Waals surface area contributed by atoms with Crippen LogP contribution in [0.1, 0.15) is 56.1 Å². The fraction of sp³-hybridized carbons (Fsp3) is 0.414. The highest BCUT2D eigenvalue weighted by Crippen LogP contribution is 2.61. The number of nitrogens with one attached hydrogen (secondary N) is 1. The number of fused-ring (bicyclic) bond motifs is 1. The Morgan fingerprint density at radius 2 is 1.57 bits per heavy atom. The number of carbonyl (C=O) groups excluding carboxylic acids is 1. The zero-order chi connectivity index (χ0) is 24.0. The maximum Gasteiger partial charge on any atom is 0.261 e. The maximum absolute atomic E-state index is 13.1. The van der Waals surface area contributed by atoms with E-state index in [1.54, 1.807) is 12.1 Å². The van der Waals surface area contributed by atoms with Gasteiger partial charge in [-0.05, 0) is 73.3 Å². The van der Waals surface area contributed by atoms with Crippen LogP contribution in [0, 0.1) is 23.2 Å². The summed E-state index contributed by atoms with van der Waals surface area (Å²) in [6.07, 6.45) is 9.56. The first-order valence-electron chi connectivity index (χ1n) is 12.7. The zero-order valence-corrected chi connectivity index (χ0v) is 19.8. The Balaban J connectivity index is 1.25. The van der Waals surface area contributed by atoms with E-state index >= 15 is 0 Å². The van der Waals surface area contributed by atoms with E-state index in [2.05, 4.69) is 10.5 Å². The summed E-state index contributed by atoms with van der Waals surface area (Å²) in [6, 6.07) is 16.7. The van der Waals surface area contributed by atoms with Crippen LogP contribution in [0.4, 0.5) is 0 Å². The summed E-state index contributed by atoms with van der Waals surface area (Å²) in [5.41, 5.74) is 3.93. The van der Waals surface area contributed by atoms with Crippen LogP contribution in [0.5, 0.6) is 5.88 Å². The molecule has 2 N–H and O–H groups in total. The first-order chi connectivity index (χ1) is 17.0. The molecule has 0 radical (unpaired) electrons. The van der Waals surface area contributed by atoms with Crippen LogP contribution in [0.25, 0.3) is 10.8 Å². The molecule has 0 aliphatic heterocycles. The summed E-state index contributed by atoms with van der Waals surface area (Å²) in [5.74, 6) is 2.17. The number of aromatic nitrogens is 1. The summed E-state index contributed by atoms with van der Waals surface area (Å²) in [4.78, 5) is 26.0. The van der Waals surface area contributed by atoms with Crippen LogP contribution in [-0.2, 0) is 11.3 Å². The van der Waals surface area contributed by atoms with Crippen LogP contribution in [0.3, 0.4) is 0 Å². The number of benzene rings is 2. The van der Waals surface area contributed by atoms with Crippen LogP contribution in [0.15, 0.2) is 64.5 Å². The molecule has 4 aliphatic rings. The smallest absolute Gasteiger partial charge is 0.261 e. The molecule has 1 amide bonds. The van der Waals surface area contributed by atoms with E-state index in [0.29, 0.717) is 22.8 Å². The molecule has 0 unspecified atom stereocenters. The van der Waals surface area contributed by atoms with E-state index in [1.165, 1.54) is 49.3 Å². The van der Waals surface area contributed by atoms with Gasteiger partial charge >= 0.3 is 0 Å². The van der Waals surface area contributed by atoms with Crippen molar-refractivity contribution in [2.24, 2.45) is 28.3 Å². The van der Waals surface area contributed by atoms with Gasteiger partial charge < -0.3 is 5.11 Å². The fourth-order valence-electron chi connectivity index (χ4n) is 7.51. The van der Waals surface area contributed by atoms with E-state index < -0.39 is 0 Å². The Morgan fingerprint density at radius 1 is 0.971 bits per heavy atom. The van der Waals surface area contributed by atoms with Gasteiger partial charge in [0.15, 0.2) is 0 Å². The lowest BCUT2D eigenvalue weighted by molar-refractivity contribution is -0.129. The van der Waals surface area contributed by atoms with Crippen molar-refractivity contribution in [3.8, 4) is 5.88 Å². The quantitative estimate of drug-likeness (QED) is 0.401. The van der Waals surface area contributed by atoms with Gasteiger partial charge in [-0.3, -0.25) is 14.2 Å². The van der Waals surface area contributed by atoms with Gasteiger partial charge in [0.2, 0.25) is 11.8 Å². The molecule has 0 atom stereocenters. The number of hydrazone groups is 1. The Bertz CT molecular complexity index is 1320. The van der Waals surface area contributed by atoms with Gasteiger partial charge in [0.25, 0.3) is 5.56 Å². The molecule has 35 heavy (non-hydrogen) atoms. The molecule has 1 aromatic heterocycles. The highest BCUT2D eigenvalue weighted by molar-refractivity contribution is 6.01. The Labute approximate surface area is 204 Å². The van der Waals surface area contributed by atoms with Crippen molar-refractivity contribution >= 4 is 22.9 Å². The van der Waals surface area contributed by atoms with Crippen molar-refractivity contribution in [2.75, 3.05) is 0 Å². The van der Waals surface area contributed by atoms with Crippen molar-refractivity contribution in [1.29, 1.82) is 0 Å².